The number of nitrogens with one attached hydrogen (secondary N) is 1. The molecular formula is C13H20N4OS2. The predicted molar refractivity (Wildman–Crippen MR) is 87.7 cm³/mol. The molecule has 0 bridgehead atoms. The van der Waals surface area contributed by atoms with Crippen LogP contribution < -0.4 is 11.1 Å². The van der Waals surface area contributed by atoms with Crippen LogP contribution in [0.4, 0.5) is 5.69 Å². The molecule has 3 N–H and O–H groups in total. The van der Waals surface area contributed by atoms with Gasteiger partial charge in [-0.05, 0) is 19.6 Å². The smallest absolute Gasteiger partial charge is 0.263 e. The van der Waals surface area contributed by atoms with Gasteiger partial charge in [0.15, 0.2) is 0 Å². The molecule has 2 aromatic heterocycles. The van der Waals surface area contributed by atoms with Gasteiger partial charge >= 0.3 is 0 Å². The van der Waals surface area contributed by atoms with Gasteiger partial charge in [-0.15, -0.1) is 11.3 Å². The monoisotopic (exact) mass is 312 g/mol. The third kappa shape index (κ3) is 2.78. The summed E-state index contributed by atoms with van der Waals surface area (Å²) in [4.78, 5) is 13.8. The lowest BCUT2D eigenvalue weighted by molar-refractivity contribution is 0.0948. The predicted octanol–water partition coefficient (Wildman–Crippen LogP) is 2.40. The molecule has 2 aromatic rings. The van der Waals surface area contributed by atoms with E-state index in [0.717, 1.165) is 27.4 Å². The minimum Gasteiger partial charge on any atom is -0.397 e. The van der Waals surface area contributed by atoms with Gasteiger partial charge in [0.1, 0.15) is 9.71 Å². The van der Waals surface area contributed by atoms with Gasteiger partial charge in [-0.3, -0.25) is 9.48 Å². The fourth-order valence-corrected chi connectivity index (χ4v) is 3.89. The number of hydrogen-bond donors (Lipinski definition) is 2. The number of anilines is 1. The van der Waals surface area contributed by atoms with Crippen LogP contribution in [0.3, 0.4) is 0 Å². The van der Waals surface area contributed by atoms with Crippen LogP contribution in [0, 0.1) is 6.92 Å². The van der Waals surface area contributed by atoms with Crippen LogP contribution in [0.2, 0.25) is 0 Å². The van der Waals surface area contributed by atoms with Crippen LogP contribution in [0.5, 0.6) is 0 Å². The lowest BCUT2D eigenvalue weighted by atomic mass is 10.2. The van der Waals surface area contributed by atoms with Crippen LogP contribution in [-0.4, -0.2) is 33.2 Å². The van der Waals surface area contributed by atoms with Crippen LogP contribution >= 0.6 is 23.1 Å². The Hall–Kier alpha value is -1.21. The summed E-state index contributed by atoms with van der Waals surface area (Å²) in [6.45, 7) is 6.03. The van der Waals surface area contributed by atoms with Gasteiger partial charge in [-0.1, -0.05) is 6.92 Å². The van der Waals surface area contributed by atoms with E-state index in [1.807, 2.05) is 32.7 Å². The molecule has 0 radical (unpaired) electrons. The summed E-state index contributed by atoms with van der Waals surface area (Å²) in [5.74, 6) is 1.87. The Morgan fingerprint density at radius 2 is 2.30 bits per heavy atom. The molecule has 1 unspecified atom stereocenters. The summed E-state index contributed by atoms with van der Waals surface area (Å²) in [5.41, 5.74) is 7.53. The minimum absolute atomic E-state index is 0.0905. The molecule has 0 saturated carbocycles. The second-order valence-electron chi connectivity index (χ2n) is 4.77. The van der Waals surface area contributed by atoms with Crippen molar-refractivity contribution in [2.75, 3.05) is 17.2 Å². The number of carbonyl (C=O) groups excluding carboxylic acids is 1. The molecule has 20 heavy (non-hydrogen) atoms. The number of carbonyl (C=O) groups is 1. The van der Waals surface area contributed by atoms with E-state index < -0.39 is 0 Å². The zero-order chi connectivity index (χ0) is 14.9. The standard InChI is InChI=1S/C13H20N4OS2/c1-5-19-6-7(2)15-12(18)11-10(14)9-8(3)16-17(4)13(9)20-11/h7H,5-6,14H2,1-4H3,(H,15,18). The van der Waals surface area contributed by atoms with Gasteiger partial charge in [0.05, 0.1) is 16.8 Å². The molecule has 1 atom stereocenters. The van der Waals surface area contributed by atoms with Crippen molar-refractivity contribution < 1.29 is 4.79 Å². The van der Waals surface area contributed by atoms with Crippen LogP contribution in [0.25, 0.3) is 10.2 Å². The number of nitrogens with two attached hydrogens (primary N) is 1. The molecule has 1 amide bonds. The molecule has 2 rings (SSSR count). The van der Waals surface area contributed by atoms with E-state index in [0.29, 0.717) is 10.6 Å². The van der Waals surface area contributed by atoms with Crippen molar-refractivity contribution in [1.82, 2.24) is 15.1 Å². The van der Waals surface area contributed by atoms with E-state index in [-0.39, 0.29) is 11.9 Å². The molecule has 0 aliphatic carbocycles. The highest BCUT2D eigenvalue weighted by molar-refractivity contribution is 7.99. The van der Waals surface area contributed by atoms with Crippen molar-refractivity contribution in [1.29, 1.82) is 0 Å². The van der Waals surface area contributed by atoms with Gasteiger partial charge in [0.25, 0.3) is 5.91 Å². The Labute approximate surface area is 126 Å². The largest absolute Gasteiger partial charge is 0.397 e. The van der Waals surface area contributed by atoms with Gasteiger partial charge in [-0.25, -0.2) is 0 Å². The number of hydrogen-bond acceptors (Lipinski definition) is 5. The molecular weight excluding hydrogens is 292 g/mol. The van der Waals surface area contributed by atoms with E-state index in [9.17, 15) is 4.79 Å². The maximum Gasteiger partial charge on any atom is 0.263 e. The SMILES string of the molecule is CCSCC(C)NC(=O)c1sc2c(c(C)nn2C)c1N. The summed E-state index contributed by atoms with van der Waals surface area (Å²) in [5, 5.41) is 8.23. The number of amides is 1. The molecule has 7 heteroatoms. The fourth-order valence-electron chi connectivity index (χ4n) is 2.12. The number of fused-ring (bicyclic) bond motifs is 1. The molecule has 0 saturated heterocycles. The van der Waals surface area contributed by atoms with Gasteiger partial charge in [0.2, 0.25) is 0 Å². The Bertz CT molecular complexity index is 632. The Kier molecular flexibility index (Phi) is 4.59. The first-order valence-electron chi connectivity index (χ1n) is 6.55. The van der Waals surface area contributed by atoms with Crippen molar-refractivity contribution in [2.24, 2.45) is 7.05 Å². The summed E-state index contributed by atoms with van der Waals surface area (Å²) >= 11 is 3.21. The van der Waals surface area contributed by atoms with E-state index in [2.05, 4.69) is 17.3 Å². The first-order valence-corrected chi connectivity index (χ1v) is 8.53. The van der Waals surface area contributed by atoms with Gasteiger partial charge < -0.3 is 11.1 Å². The summed E-state index contributed by atoms with van der Waals surface area (Å²) in [7, 11) is 1.87. The number of aromatic nitrogens is 2. The number of rotatable bonds is 5. The lowest BCUT2D eigenvalue weighted by Gasteiger charge is -2.12. The summed E-state index contributed by atoms with van der Waals surface area (Å²) in [6, 6.07) is 0.135. The quantitative estimate of drug-likeness (QED) is 0.889. The summed E-state index contributed by atoms with van der Waals surface area (Å²) in [6.07, 6.45) is 0. The third-order valence-electron chi connectivity index (χ3n) is 3.04. The number of thiophene rings is 1. The second-order valence-corrected chi connectivity index (χ2v) is 7.09. The molecule has 0 fully saturated rings. The van der Waals surface area contributed by atoms with Crippen molar-refractivity contribution in [3.8, 4) is 0 Å². The third-order valence-corrected chi connectivity index (χ3v) is 5.45. The van der Waals surface area contributed by atoms with Crippen LogP contribution in [0.15, 0.2) is 0 Å². The molecule has 2 heterocycles. The Morgan fingerprint density at radius 3 is 2.90 bits per heavy atom. The maximum atomic E-state index is 12.3. The van der Waals surface area contributed by atoms with Gasteiger partial charge in [0, 0.05) is 18.8 Å². The summed E-state index contributed by atoms with van der Waals surface area (Å²) < 4.78 is 1.78. The number of nitrogen functional groups attached to an aromatic ring is 1. The zero-order valence-electron chi connectivity index (χ0n) is 12.2. The minimum atomic E-state index is -0.0905. The molecule has 5 nitrogen and oxygen atoms in total. The van der Waals surface area contributed by atoms with E-state index >= 15 is 0 Å². The van der Waals surface area contributed by atoms with E-state index in [1.165, 1.54) is 11.3 Å². The lowest BCUT2D eigenvalue weighted by Crippen LogP contribution is -2.34. The van der Waals surface area contributed by atoms with Crippen LogP contribution in [-0.2, 0) is 7.05 Å². The zero-order valence-corrected chi connectivity index (χ0v) is 13.8. The van der Waals surface area contributed by atoms with E-state index in [4.69, 9.17) is 5.73 Å². The highest BCUT2D eigenvalue weighted by Gasteiger charge is 2.21. The first-order chi connectivity index (χ1) is 9.45. The Balaban J connectivity index is 2.22. The van der Waals surface area contributed by atoms with Crippen molar-refractivity contribution in [2.45, 2.75) is 26.8 Å². The van der Waals surface area contributed by atoms with Gasteiger partial charge in [-0.2, -0.15) is 16.9 Å². The number of nitrogens with zero attached hydrogens (tertiary/aromatic N) is 2. The van der Waals surface area contributed by atoms with E-state index in [1.54, 1.807) is 4.68 Å². The highest BCUT2D eigenvalue weighted by atomic mass is 32.2. The highest BCUT2D eigenvalue weighted by Crippen LogP contribution is 2.35. The number of aryl methyl sites for hydroxylation is 2. The molecule has 0 aromatic carbocycles. The number of thioether (sulfide) groups is 1. The molecule has 0 aliphatic rings. The maximum absolute atomic E-state index is 12.3. The average molecular weight is 312 g/mol. The van der Waals surface area contributed by atoms with Crippen molar-refractivity contribution in [3.05, 3.63) is 10.6 Å². The molecule has 0 aliphatic heterocycles. The fraction of sp³-hybridized carbons (Fsp3) is 0.538. The van der Waals surface area contributed by atoms with Crippen molar-refractivity contribution in [3.63, 3.8) is 0 Å². The Morgan fingerprint density at radius 1 is 1.60 bits per heavy atom. The first kappa shape index (κ1) is 15.2. The normalized spacial score (nSPS) is 12.8. The molecule has 0 spiro atoms. The topological polar surface area (TPSA) is 72.9 Å². The van der Waals surface area contributed by atoms with Crippen LogP contribution in [0.1, 0.15) is 29.2 Å². The molecule has 110 valence electrons. The van der Waals surface area contributed by atoms with Crippen molar-refractivity contribution >= 4 is 44.9 Å². The average Bonchev–Trinajstić information content (AvgIpc) is 2.87. The second kappa shape index (κ2) is 6.05.